The van der Waals surface area contributed by atoms with Crippen LogP contribution in [0.5, 0.6) is 0 Å². The van der Waals surface area contributed by atoms with E-state index in [0.717, 1.165) is 122 Å². The van der Waals surface area contributed by atoms with E-state index < -0.39 is 6.10 Å². The smallest absolute Gasteiger partial charge is 0.306 e. The molecule has 0 fully saturated rings. The first-order valence-electron chi connectivity index (χ1n) is 34.7. The summed E-state index contributed by atoms with van der Waals surface area (Å²) >= 11 is 0. The van der Waals surface area contributed by atoms with Gasteiger partial charge in [0.2, 0.25) is 0 Å². The van der Waals surface area contributed by atoms with Crippen molar-refractivity contribution in [1.82, 2.24) is 0 Å². The number of esters is 3. The number of hydrogen-bond donors (Lipinski definition) is 0. The van der Waals surface area contributed by atoms with Crippen LogP contribution in [0.1, 0.15) is 342 Å². The minimum absolute atomic E-state index is 0.0813. The maximum absolute atomic E-state index is 13.0. The lowest BCUT2D eigenvalue weighted by Crippen LogP contribution is -2.30. The van der Waals surface area contributed by atoms with E-state index in [-0.39, 0.29) is 31.1 Å². The van der Waals surface area contributed by atoms with E-state index >= 15 is 0 Å². The van der Waals surface area contributed by atoms with Crippen molar-refractivity contribution in [2.24, 2.45) is 0 Å². The summed E-state index contributed by atoms with van der Waals surface area (Å²) in [5, 5.41) is 0. The Kier molecular flexibility index (Phi) is 65.7. The average Bonchev–Trinajstić information content (AvgIpc) is 3.47. The topological polar surface area (TPSA) is 78.9 Å². The number of carbonyl (C=O) groups is 3. The fraction of sp³-hybridized carbons (Fsp3) is 0.747. The fourth-order valence-corrected chi connectivity index (χ4v) is 9.89. The number of allylic oxidation sites excluding steroid dienone is 16. The minimum atomic E-state index is -0.788. The lowest BCUT2D eigenvalue weighted by atomic mass is 10.0. The Labute approximate surface area is 502 Å². The SMILES string of the molecule is CC/C=C\C/C=C\C/C=C\C/C=C\C/C=C\C/C=C\C/C=C\CCCCCCCC(=O)OCC(COC(=O)CCCCCCCCCCCCCCCCC)OC(=O)CCCCCCCCCCC/C=C\CCCCCCCCCC. The molecule has 0 amide bonds. The van der Waals surface area contributed by atoms with Gasteiger partial charge in [-0.1, -0.05) is 317 Å². The van der Waals surface area contributed by atoms with Crippen molar-refractivity contribution < 1.29 is 28.6 Å². The summed E-state index contributed by atoms with van der Waals surface area (Å²) in [6.45, 7) is 6.55. The van der Waals surface area contributed by atoms with Gasteiger partial charge < -0.3 is 14.2 Å². The monoisotopic (exact) mass is 1130 g/mol. The largest absolute Gasteiger partial charge is 0.462 e. The standard InChI is InChI=1S/C75H130O6/c1-4-7-10-13-16-19-22-25-28-30-32-34-35-36-37-38-39-41-42-44-47-50-53-56-59-62-65-68-74(77)80-71-72(70-79-73(76)67-64-61-58-55-52-49-46-27-24-21-18-15-12-9-6-3)81-75(78)69-66-63-60-57-54-51-48-45-43-40-33-31-29-26-23-20-17-14-11-8-5-2/h7,10,16,19,25,28,31-34,36-37,39,41,44,47,72H,4-6,8-9,11-15,17-18,20-24,26-27,29-30,35,38,40,42-43,45-46,48-71H2,1-3H3/b10-7-,19-16-,28-25-,33-31-,34-32-,37-36-,41-39-,47-44-. The molecule has 0 saturated heterocycles. The van der Waals surface area contributed by atoms with Crippen LogP contribution in [0.25, 0.3) is 0 Å². The second-order valence-corrected chi connectivity index (χ2v) is 23.1. The summed E-state index contributed by atoms with van der Waals surface area (Å²) in [7, 11) is 0. The van der Waals surface area contributed by atoms with Crippen LogP contribution in [0.15, 0.2) is 97.2 Å². The Morgan fingerprint density at radius 1 is 0.259 bits per heavy atom. The minimum Gasteiger partial charge on any atom is -0.462 e. The Balaban J connectivity index is 4.38. The molecule has 0 aliphatic carbocycles. The van der Waals surface area contributed by atoms with Crippen molar-refractivity contribution in [3.8, 4) is 0 Å². The number of carbonyl (C=O) groups excluding carboxylic acids is 3. The molecule has 1 atom stereocenters. The first kappa shape index (κ1) is 77.3. The quantitative estimate of drug-likeness (QED) is 0.0261. The molecule has 0 saturated carbocycles. The molecular formula is C75H130O6. The summed E-state index contributed by atoms with van der Waals surface area (Å²) in [6.07, 6.45) is 92.8. The van der Waals surface area contributed by atoms with E-state index in [1.54, 1.807) is 0 Å². The molecule has 0 aliphatic rings. The third kappa shape index (κ3) is 67.0. The van der Waals surface area contributed by atoms with Crippen LogP contribution in [0.4, 0.5) is 0 Å². The molecule has 6 heteroatoms. The molecule has 81 heavy (non-hydrogen) atoms. The van der Waals surface area contributed by atoms with Gasteiger partial charge in [-0.2, -0.15) is 0 Å². The van der Waals surface area contributed by atoms with Gasteiger partial charge >= 0.3 is 17.9 Å². The Morgan fingerprint density at radius 3 is 0.765 bits per heavy atom. The van der Waals surface area contributed by atoms with Gasteiger partial charge in [0.25, 0.3) is 0 Å². The summed E-state index contributed by atoms with van der Waals surface area (Å²) in [5.41, 5.74) is 0. The van der Waals surface area contributed by atoms with Crippen molar-refractivity contribution in [2.45, 2.75) is 348 Å². The van der Waals surface area contributed by atoms with Crippen molar-refractivity contribution in [2.75, 3.05) is 13.2 Å². The predicted molar refractivity (Wildman–Crippen MR) is 353 cm³/mol. The first-order valence-corrected chi connectivity index (χ1v) is 34.7. The number of unbranched alkanes of at least 4 members (excludes halogenated alkanes) is 36. The van der Waals surface area contributed by atoms with E-state index in [9.17, 15) is 14.4 Å². The van der Waals surface area contributed by atoms with Crippen LogP contribution < -0.4 is 0 Å². The lowest BCUT2D eigenvalue weighted by Gasteiger charge is -2.18. The van der Waals surface area contributed by atoms with Crippen LogP contribution in [0.3, 0.4) is 0 Å². The molecule has 0 spiro atoms. The van der Waals surface area contributed by atoms with Gasteiger partial charge in [-0.05, 0) is 103 Å². The molecular weight excluding hydrogens is 997 g/mol. The normalized spacial score (nSPS) is 12.7. The highest BCUT2D eigenvalue weighted by atomic mass is 16.6. The van der Waals surface area contributed by atoms with Crippen LogP contribution in [-0.4, -0.2) is 37.2 Å². The van der Waals surface area contributed by atoms with E-state index in [2.05, 4.69) is 118 Å². The van der Waals surface area contributed by atoms with Crippen molar-refractivity contribution in [1.29, 1.82) is 0 Å². The van der Waals surface area contributed by atoms with E-state index in [0.29, 0.717) is 19.3 Å². The molecule has 0 radical (unpaired) electrons. The van der Waals surface area contributed by atoms with Gasteiger partial charge in [0.1, 0.15) is 13.2 Å². The zero-order valence-electron chi connectivity index (χ0n) is 53.5. The zero-order chi connectivity index (χ0) is 58.5. The maximum Gasteiger partial charge on any atom is 0.306 e. The van der Waals surface area contributed by atoms with Crippen LogP contribution in [0.2, 0.25) is 0 Å². The van der Waals surface area contributed by atoms with E-state index in [4.69, 9.17) is 14.2 Å². The predicted octanol–water partition coefficient (Wildman–Crippen LogP) is 24.0. The molecule has 0 aromatic heterocycles. The molecule has 6 nitrogen and oxygen atoms in total. The van der Waals surface area contributed by atoms with Gasteiger partial charge in [-0.3, -0.25) is 14.4 Å². The average molecular weight is 1130 g/mol. The second kappa shape index (κ2) is 68.8. The third-order valence-electron chi connectivity index (χ3n) is 15.1. The molecule has 0 aliphatic heterocycles. The molecule has 0 heterocycles. The van der Waals surface area contributed by atoms with E-state index in [1.807, 2.05) is 0 Å². The molecule has 0 N–H and O–H groups in total. The number of rotatable bonds is 63. The molecule has 0 rings (SSSR count). The highest BCUT2D eigenvalue weighted by Gasteiger charge is 2.19. The molecule has 0 aromatic carbocycles. The van der Waals surface area contributed by atoms with Crippen LogP contribution in [-0.2, 0) is 28.6 Å². The van der Waals surface area contributed by atoms with E-state index in [1.165, 1.54) is 180 Å². The van der Waals surface area contributed by atoms with Crippen molar-refractivity contribution >= 4 is 17.9 Å². The van der Waals surface area contributed by atoms with Crippen molar-refractivity contribution in [3.63, 3.8) is 0 Å². The molecule has 0 aromatic rings. The molecule has 0 bridgehead atoms. The van der Waals surface area contributed by atoms with Gasteiger partial charge in [-0.25, -0.2) is 0 Å². The number of hydrogen-bond acceptors (Lipinski definition) is 6. The van der Waals surface area contributed by atoms with Gasteiger partial charge in [0.05, 0.1) is 0 Å². The van der Waals surface area contributed by atoms with Gasteiger partial charge in [0, 0.05) is 19.3 Å². The summed E-state index contributed by atoms with van der Waals surface area (Å²) < 4.78 is 17.0. The zero-order valence-corrected chi connectivity index (χ0v) is 53.5. The van der Waals surface area contributed by atoms with Gasteiger partial charge in [-0.15, -0.1) is 0 Å². The fourth-order valence-electron chi connectivity index (χ4n) is 9.89. The molecule has 1 unspecified atom stereocenters. The second-order valence-electron chi connectivity index (χ2n) is 23.1. The highest BCUT2D eigenvalue weighted by molar-refractivity contribution is 5.71. The Morgan fingerprint density at radius 2 is 0.481 bits per heavy atom. The first-order chi connectivity index (χ1) is 40.0. The van der Waals surface area contributed by atoms with Crippen LogP contribution >= 0.6 is 0 Å². The summed E-state index contributed by atoms with van der Waals surface area (Å²) in [6, 6.07) is 0. The lowest BCUT2D eigenvalue weighted by molar-refractivity contribution is -0.167. The third-order valence-corrected chi connectivity index (χ3v) is 15.1. The highest BCUT2D eigenvalue weighted by Crippen LogP contribution is 2.17. The Hall–Kier alpha value is -3.67. The van der Waals surface area contributed by atoms with Crippen molar-refractivity contribution in [3.05, 3.63) is 97.2 Å². The summed E-state index contributed by atoms with van der Waals surface area (Å²) in [5.74, 6) is -0.887. The number of ether oxygens (including phenoxy) is 3. The maximum atomic E-state index is 13.0. The Bertz CT molecular complexity index is 1580. The van der Waals surface area contributed by atoms with Crippen LogP contribution in [0, 0.1) is 0 Å². The molecule has 466 valence electrons. The van der Waals surface area contributed by atoms with Gasteiger partial charge in [0.15, 0.2) is 6.10 Å². The summed E-state index contributed by atoms with van der Waals surface area (Å²) in [4.78, 5) is 38.4.